The molecule has 4 aromatic rings. The third kappa shape index (κ3) is 4.50. The standard InChI is InChI=1S/C29H21FI2N2O2S/c1-2-36-27-22(31)13-16(14-23(27)32)15-24-28(35)34-26(18-7-10-19(30)11-8-18)21-12-9-17-5-3-4-6-20(17)25(21)33-29(34)37-24/h3-8,10-11,13-15,26H,2,9,12H2,1H3/b24-15+/t26-/m0/s1. The van der Waals surface area contributed by atoms with Gasteiger partial charge in [-0.05, 0) is 118 Å². The minimum Gasteiger partial charge on any atom is -0.492 e. The average Bonchev–Trinajstić information content (AvgIpc) is 3.20. The van der Waals surface area contributed by atoms with E-state index in [9.17, 15) is 9.18 Å². The molecule has 37 heavy (non-hydrogen) atoms. The Labute approximate surface area is 244 Å². The van der Waals surface area contributed by atoms with E-state index < -0.39 is 0 Å². The lowest BCUT2D eigenvalue weighted by Gasteiger charge is -2.30. The van der Waals surface area contributed by atoms with Gasteiger partial charge in [-0.2, -0.15) is 0 Å². The second-order valence-electron chi connectivity index (χ2n) is 8.91. The fraction of sp³-hybridized carbons (Fsp3) is 0.172. The van der Waals surface area contributed by atoms with Crippen LogP contribution in [0.25, 0.3) is 11.8 Å². The number of rotatable bonds is 4. The Morgan fingerprint density at radius 3 is 2.57 bits per heavy atom. The second-order valence-corrected chi connectivity index (χ2v) is 12.2. The van der Waals surface area contributed by atoms with E-state index >= 15 is 0 Å². The number of thiazole rings is 1. The Hall–Kier alpha value is -2.31. The first-order chi connectivity index (χ1) is 17.9. The SMILES string of the molecule is CCOc1c(I)cc(/C=c2/sc3n(c2=O)[C@@H](c2ccc(F)cc2)C2=C(N=3)c3ccccc3CC2)cc1I. The number of halogens is 3. The summed E-state index contributed by atoms with van der Waals surface area (Å²) in [6, 6.07) is 18.6. The van der Waals surface area contributed by atoms with Gasteiger partial charge in [0.1, 0.15) is 11.6 Å². The number of fused-ring (bicyclic) bond motifs is 3. The van der Waals surface area contributed by atoms with Crippen LogP contribution in [0.15, 0.2) is 76.0 Å². The number of allylic oxidation sites excluding steroid dienone is 1. The molecule has 1 atom stereocenters. The predicted octanol–water partition coefficient (Wildman–Crippen LogP) is 6.07. The first-order valence-electron chi connectivity index (χ1n) is 11.9. The largest absolute Gasteiger partial charge is 0.492 e. The van der Waals surface area contributed by atoms with Crippen LogP contribution in [0.5, 0.6) is 5.75 Å². The summed E-state index contributed by atoms with van der Waals surface area (Å²) in [7, 11) is 0. The summed E-state index contributed by atoms with van der Waals surface area (Å²) in [6.45, 7) is 2.57. The molecule has 0 saturated heterocycles. The Kier molecular flexibility index (Phi) is 6.83. The highest BCUT2D eigenvalue weighted by Gasteiger charge is 2.32. The minimum atomic E-state index is -0.317. The third-order valence-corrected chi connectivity index (χ3v) is 9.25. The highest BCUT2D eigenvalue weighted by Crippen LogP contribution is 2.41. The number of benzene rings is 3. The first-order valence-corrected chi connectivity index (χ1v) is 14.9. The summed E-state index contributed by atoms with van der Waals surface area (Å²) in [6.07, 6.45) is 3.62. The van der Waals surface area contributed by atoms with E-state index in [1.54, 1.807) is 16.7 Å². The molecule has 4 nitrogen and oxygen atoms in total. The zero-order chi connectivity index (χ0) is 25.7. The molecule has 0 amide bonds. The molecule has 0 bridgehead atoms. The van der Waals surface area contributed by atoms with E-state index in [4.69, 9.17) is 9.73 Å². The van der Waals surface area contributed by atoms with Crippen molar-refractivity contribution in [3.8, 4) is 5.75 Å². The summed E-state index contributed by atoms with van der Waals surface area (Å²) in [5.41, 5.74) is 6.17. The summed E-state index contributed by atoms with van der Waals surface area (Å²) < 4.78 is 24.0. The molecule has 0 N–H and O–H groups in total. The molecule has 0 unspecified atom stereocenters. The fourth-order valence-corrected chi connectivity index (χ4v) is 8.19. The molecule has 186 valence electrons. The lowest BCUT2D eigenvalue weighted by atomic mass is 9.83. The molecule has 2 heterocycles. The van der Waals surface area contributed by atoms with Crippen LogP contribution in [0.4, 0.5) is 4.39 Å². The summed E-state index contributed by atoms with van der Waals surface area (Å²) >= 11 is 5.95. The van der Waals surface area contributed by atoms with Crippen LogP contribution in [0.1, 0.15) is 41.6 Å². The Bertz CT molecular complexity index is 1730. The molecule has 8 heteroatoms. The van der Waals surface area contributed by atoms with Crippen molar-refractivity contribution in [1.29, 1.82) is 0 Å². The highest BCUT2D eigenvalue weighted by atomic mass is 127. The van der Waals surface area contributed by atoms with Crippen molar-refractivity contribution in [2.45, 2.75) is 25.8 Å². The van der Waals surface area contributed by atoms with E-state index in [1.807, 2.05) is 31.2 Å². The molecule has 1 aliphatic heterocycles. The summed E-state index contributed by atoms with van der Waals surface area (Å²) in [5, 5.41) is 0. The van der Waals surface area contributed by atoms with Gasteiger partial charge in [0.15, 0.2) is 4.80 Å². The van der Waals surface area contributed by atoms with Gasteiger partial charge in [-0.3, -0.25) is 9.36 Å². The number of aryl methyl sites for hydroxylation is 1. The Balaban J connectivity index is 1.57. The van der Waals surface area contributed by atoms with Crippen LogP contribution in [0, 0.1) is 13.0 Å². The average molecular weight is 734 g/mol. The topological polar surface area (TPSA) is 43.6 Å². The van der Waals surface area contributed by atoms with Gasteiger partial charge in [-0.15, -0.1) is 0 Å². The Morgan fingerprint density at radius 2 is 1.84 bits per heavy atom. The van der Waals surface area contributed by atoms with E-state index in [0.717, 1.165) is 53.7 Å². The van der Waals surface area contributed by atoms with Crippen molar-refractivity contribution in [3.63, 3.8) is 0 Å². The maximum atomic E-state index is 13.9. The van der Waals surface area contributed by atoms with Gasteiger partial charge in [0, 0.05) is 5.56 Å². The van der Waals surface area contributed by atoms with Gasteiger partial charge >= 0.3 is 0 Å². The maximum Gasteiger partial charge on any atom is 0.271 e. The van der Waals surface area contributed by atoms with E-state index in [-0.39, 0.29) is 17.4 Å². The number of hydrogen-bond acceptors (Lipinski definition) is 4. The van der Waals surface area contributed by atoms with Crippen molar-refractivity contribution < 1.29 is 9.13 Å². The lowest BCUT2D eigenvalue weighted by molar-refractivity contribution is 0.335. The molecule has 6 rings (SSSR count). The molecule has 1 aromatic heterocycles. The van der Waals surface area contributed by atoms with Crippen molar-refractivity contribution >= 4 is 68.3 Å². The molecule has 1 aliphatic carbocycles. The van der Waals surface area contributed by atoms with Crippen LogP contribution in [0.2, 0.25) is 0 Å². The fourth-order valence-electron chi connectivity index (χ4n) is 5.06. The van der Waals surface area contributed by atoms with Crippen LogP contribution in [-0.4, -0.2) is 11.2 Å². The molecule has 0 spiro atoms. The predicted molar refractivity (Wildman–Crippen MR) is 162 cm³/mol. The summed E-state index contributed by atoms with van der Waals surface area (Å²) in [5.74, 6) is 0.573. The number of hydrogen-bond donors (Lipinski definition) is 0. The second kappa shape index (κ2) is 10.1. The highest BCUT2D eigenvalue weighted by molar-refractivity contribution is 14.1. The molecular formula is C29H21FI2N2O2S. The van der Waals surface area contributed by atoms with Crippen LogP contribution >= 0.6 is 56.5 Å². The van der Waals surface area contributed by atoms with E-state index in [1.165, 1.54) is 29.0 Å². The van der Waals surface area contributed by atoms with Crippen LogP contribution < -0.4 is 19.6 Å². The van der Waals surface area contributed by atoms with Crippen molar-refractivity contribution in [2.24, 2.45) is 4.99 Å². The normalized spacial score (nSPS) is 16.6. The molecular weight excluding hydrogens is 713 g/mol. The number of nitrogens with zero attached hydrogens (tertiary/aromatic N) is 2. The molecule has 3 aromatic carbocycles. The van der Waals surface area contributed by atoms with Gasteiger partial charge in [0.25, 0.3) is 5.56 Å². The van der Waals surface area contributed by atoms with Gasteiger partial charge in [-0.25, -0.2) is 9.38 Å². The molecule has 0 saturated carbocycles. The maximum absolute atomic E-state index is 13.9. The zero-order valence-electron chi connectivity index (χ0n) is 19.8. The summed E-state index contributed by atoms with van der Waals surface area (Å²) in [4.78, 5) is 19.6. The first kappa shape index (κ1) is 25.0. The molecule has 2 aliphatic rings. The van der Waals surface area contributed by atoms with Crippen LogP contribution in [0.3, 0.4) is 0 Å². The zero-order valence-corrected chi connectivity index (χ0v) is 24.9. The number of aromatic nitrogens is 1. The van der Waals surface area contributed by atoms with Crippen molar-refractivity contribution in [2.75, 3.05) is 6.61 Å². The van der Waals surface area contributed by atoms with E-state index in [2.05, 4.69) is 63.4 Å². The van der Waals surface area contributed by atoms with E-state index in [0.29, 0.717) is 15.9 Å². The quantitative estimate of drug-likeness (QED) is 0.240. The van der Waals surface area contributed by atoms with Gasteiger partial charge in [0.2, 0.25) is 0 Å². The molecule has 0 radical (unpaired) electrons. The lowest BCUT2D eigenvalue weighted by Crippen LogP contribution is -2.38. The van der Waals surface area contributed by atoms with Gasteiger partial charge in [0.05, 0.1) is 30.0 Å². The Morgan fingerprint density at radius 1 is 1.11 bits per heavy atom. The van der Waals surface area contributed by atoms with Crippen molar-refractivity contribution in [1.82, 2.24) is 4.57 Å². The third-order valence-electron chi connectivity index (χ3n) is 6.67. The van der Waals surface area contributed by atoms with Crippen LogP contribution in [-0.2, 0) is 6.42 Å². The smallest absolute Gasteiger partial charge is 0.271 e. The van der Waals surface area contributed by atoms with Crippen molar-refractivity contribution in [3.05, 3.63) is 121 Å². The monoisotopic (exact) mass is 734 g/mol. The number of ether oxygens (including phenoxy) is 1. The minimum absolute atomic E-state index is 0.0811. The molecule has 0 fully saturated rings. The van der Waals surface area contributed by atoms with Gasteiger partial charge < -0.3 is 4.74 Å². The van der Waals surface area contributed by atoms with Gasteiger partial charge in [-0.1, -0.05) is 47.7 Å².